The van der Waals surface area contributed by atoms with Crippen LogP contribution in [0.25, 0.3) is 11.5 Å². The van der Waals surface area contributed by atoms with Gasteiger partial charge >= 0.3 is 0 Å². The first kappa shape index (κ1) is 17.0. The van der Waals surface area contributed by atoms with E-state index in [1.807, 2.05) is 55.5 Å². The van der Waals surface area contributed by atoms with Crippen molar-refractivity contribution in [3.8, 4) is 11.5 Å². The second kappa shape index (κ2) is 7.07. The Hall–Kier alpha value is -3.41. The van der Waals surface area contributed by atoms with Crippen LogP contribution in [0.15, 0.2) is 59.2 Å². The summed E-state index contributed by atoms with van der Waals surface area (Å²) >= 11 is 0. The highest BCUT2D eigenvalue weighted by Crippen LogP contribution is 2.26. The minimum Gasteiger partial charge on any atom is -0.444 e. The lowest BCUT2D eigenvalue weighted by Gasteiger charge is -2.15. The molecule has 0 fully saturated rings. The maximum absolute atomic E-state index is 12.4. The Labute approximate surface area is 156 Å². The molecule has 1 aliphatic heterocycles. The van der Waals surface area contributed by atoms with Crippen molar-refractivity contribution in [3.05, 3.63) is 71.6 Å². The number of amides is 2. The Morgan fingerprint density at radius 3 is 2.89 bits per heavy atom. The van der Waals surface area contributed by atoms with E-state index in [-0.39, 0.29) is 24.3 Å². The second-order valence-corrected chi connectivity index (χ2v) is 6.62. The first-order valence-electron chi connectivity index (χ1n) is 8.80. The zero-order valence-corrected chi connectivity index (χ0v) is 14.9. The number of aromatic nitrogens is 1. The molecule has 4 rings (SSSR count). The van der Waals surface area contributed by atoms with Crippen LogP contribution in [0.2, 0.25) is 0 Å². The van der Waals surface area contributed by atoms with Gasteiger partial charge in [0.1, 0.15) is 6.26 Å². The highest BCUT2D eigenvalue weighted by atomic mass is 16.3. The van der Waals surface area contributed by atoms with Gasteiger partial charge in [0.2, 0.25) is 17.7 Å². The molecule has 0 radical (unpaired) electrons. The van der Waals surface area contributed by atoms with Crippen LogP contribution >= 0.6 is 0 Å². The van der Waals surface area contributed by atoms with Crippen molar-refractivity contribution in [2.75, 3.05) is 5.32 Å². The predicted octanol–water partition coefficient (Wildman–Crippen LogP) is 3.26. The molecule has 136 valence electrons. The zero-order valence-electron chi connectivity index (χ0n) is 14.9. The Morgan fingerprint density at radius 1 is 1.26 bits per heavy atom. The summed E-state index contributed by atoms with van der Waals surface area (Å²) in [6.45, 7) is 1.92. The van der Waals surface area contributed by atoms with Crippen molar-refractivity contribution in [1.29, 1.82) is 0 Å². The van der Waals surface area contributed by atoms with Gasteiger partial charge in [-0.15, -0.1) is 0 Å². The number of fused-ring (bicyclic) bond motifs is 1. The third kappa shape index (κ3) is 3.74. The van der Waals surface area contributed by atoms with Crippen molar-refractivity contribution in [2.45, 2.75) is 25.8 Å². The number of benzene rings is 2. The van der Waals surface area contributed by atoms with Crippen molar-refractivity contribution in [2.24, 2.45) is 0 Å². The van der Waals surface area contributed by atoms with Gasteiger partial charge in [0.05, 0.1) is 24.6 Å². The maximum Gasteiger partial charge on any atom is 0.228 e. The molecular formula is C21H19N3O3. The van der Waals surface area contributed by atoms with Crippen molar-refractivity contribution in [1.82, 2.24) is 10.3 Å². The lowest BCUT2D eigenvalue weighted by atomic mass is 10.0. The Balaban J connectivity index is 1.39. The SMILES string of the molecule is CC(NC(=O)Cc1coc(-c2ccccc2)n1)c1ccc2c(c1)CC(=O)N2. The van der Waals surface area contributed by atoms with Gasteiger partial charge in [-0.05, 0) is 36.2 Å². The second-order valence-electron chi connectivity index (χ2n) is 6.62. The number of hydrogen-bond donors (Lipinski definition) is 2. The fourth-order valence-electron chi connectivity index (χ4n) is 3.16. The summed E-state index contributed by atoms with van der Waals surface area (Å²) in [5.74, 6) is 0.367. The topological polar surface area (TPSA) is 84.2 Å². The van der Waals surface area contributed by atoms with E-state index in [0.29, 0.717) is 18.0 Å². The van der Waals surface area contributed by atoms with E-state index in [1.165, 1.54) is 6.26 Å². The standard InChI is InChI=1S/C21H19N3O3/c1-13(15-7-8-18-16(9-15)10-19(25)24-18)22-20(26)11-17-12-27-21(23-17)14-5-3-2-4-6-14/h2-9,12-13H,10-11H2,1H3,(H,22,26)(H,24,25). The van der Waals surface area contributed by atoms with E-state index >= 15 is 0 Å². The zero-order chi connectivity index (χ0) is 18.8. The molecule has 3 aromatic rings. The third-order valence-corrected chi connectivity index (χ3v) is 4.55. The van der Waals surface area contributed by atoms with Crippen molar-refractivity contribution < 1.29 is 14.0 Å². The lowest BCUT2D eigenvalue weighted by Crippen LogP contribution is -2.28. The molecule has 27 heavy (non-hydrogen) atoms. The van der Waals surface area contributed by atoms with Gasteiger partial charge in [-0.3, -0.25) is 9.59 Å². The van der Waals surface area contributed by atoms with Gasteiger partial charge in [0.15, 0.2) is 0 Å². The van der Waals surface area contributed by atoms with Gasteiger partial charge < -0.3 is 15.1 Å². The molecule has 2 N–H and O–H groups in total. The molecule has 1 aromatic heterocycles. The Morgan fingerprint density at radius 2 is 2.07 bits per heavy atom. The highest BCUT2D eigenvalue weighted by Gasteiger charge is 2.19. The van der Waals surface area contributed by atoms with Crippen LogP contribution in [-0.2, 0) is 22.4 Å². The molecule has 1 atom stereocenters. The highest BCUT2D eigenvalue weighted by molar-refractivity contribution is 5.99. The van der Waals surface area contributed by atoms with Crippen LogP contribution in [0.4, 0.5) is 5.69 Å². The number of oxazole rings is 1. The van der Waals surface area contributed by atoms with Crippen LogP contribution < -0.4 is 10.6 Å². The lowest BCUT2D eigenvalue weighted by molar-refractivity contribution is -0.121. The molecule has 2 heterocycles. The summed E-state index contributed by atoms with van der Waals surface area (Å²) in [5, 5.41) is 5.78. The predicted molar refractivity (Wildman–Crippen MR) is 101 cm³/mol. The molecule has 0 aliphatic carbocycles. The maximum atomic E-state index is 12.4. The largest absolute Gasteiger partial charge is 0.444 e. The summed E-state index contributed by atoms with van der Waals surface area (Å²) in [5.41, 5.74) is 4.23. The fourth-order valence-corrected chi connectivity index (χ4v) is 3.16. The number of rotatable bonds is 5. The number of anilines is 1. The first-order valence-corrected chi connectivity index (χ1v) is 8.80. The molecule has 6 heteroatoms. The normalized spacial score (nSPS) is 13.7. The van der Waals surface area contributed by atoms with Crippen LogP contribution in [0.3, 0.4) is 0 Å². The van der Waals surface area contributed by atoms with Crippen LogP contribution in [0, 0.1) is 0 Å². The van der Waals surface area contributed by atoms with Gasteiger partial charge in [-0.1, -0.05) is 30.3 Å². The van der Waals surface area contributed by atoms with Crippen LogP contribution in [0.1, 0.15) is 29.8 Å². The molecular weight excluding hydrogens is 342 g/mol. The monoisotopic (exact) mass is 361 g/mol. The van der Waals surface area contributed by atoms with Crippen molar-refractivity contribution in [3.63, 3.8) is 0 Å². The van der Waals surface area contributed by atoms with E-state index in [1.54, 1.807) is 0 Å². The van der Waals surface area contributed by atoms with Crippen LogP contribution in [0.5, 0.6) is 0 Å². The number of carbonyl (C=O) groups is 2. The van der Waals surface area contributed by atoms with E-state index in [0.717, 1.165) is 22.4 Å². The first-order chi connectivity index (χ1) is 13.1. The number of carbonyl (C=O) groups excluding carboxylic acids is 2. The smallest absolute Gasteiger partial charge is 0.228 e. The Kier molecular flexibility index (Phi) is 4.46. The summed E-state index contributed by atoms with van der Waals surface area (Å²) in [6, 6.07) is 15.1. The molecule has 1 unspecified atom stereocenters. The number of hydrogen-bond acceptors (Lipinski definition) is 4. The molecule has 1 aliphatic rings. The van der Waals surface area contributed by atoms with Gasteiger partial charge in [0.25, 0.3) is 0 Å². The van der Waals surface area contributed by atoms with Crippen molar-refractivity contribution >= 4 is 17.5 Å². The van der Waals surface area contributed by atoms with E-state index in [2.05, 4.69) is 15.6 Å². The van der Waals surface area contributed by atoms with Gasteiger partial charge in [0, 0.05) is 11.3 Å². The molecule has 2 amide bonds. The summed E-state index contributed by atoms with van der Waals surface area (Å²) in [6.07, 6.45) is 2.04. The number of nitrogens with one attached hydrogen (secondary N) is 2. The third-order valence-electron chi connectivity index (χ3n) is 4.55. The molecule has 0 saturated heterocycles. The van der Waals surface area contributed by atoms with Gasteiger partial charge in [-0.2, -0.15) is 0 Å². The molecule has 2 aromatic carbocycles. The summed E-state index contributed by atoms with van der Waals surface area (Å²) in [4.78, 5) is 28.2. The fraction of sp³-hybridized carbons (Fsp3) is 0.190. The molecule has 0 saturated carbocycles. The minimum absolute atomic E-state index is 0.000842. The van der Waals surface area contributed by atoms with Crippen LogP contribution in [-0.4, -0.2) is 16.8 Å². The Bertz CT molecular complexity index is 995. The quantitative estimate of drug-likeness (QED) is 0.731. The average molecular weight is 361 g/mol. The molecule has 0 bridgehead atoms. The van der Waals surface area contributed by atoms with E-state index in [9.17, 15) is 9.59 Å². The summed E-state index contributed by atoms with van der Waals surface area (Å²) < 4.78 is 5.47. The average Bonchev–Trinajstić information content (AvgIpc) is 3.27. The van der Waals surface area contributed by atoms with E-state index < -0.39 is 0 Å². The molecule has 6 nitrogen and oxygen atoms in total. The van der Waals surface area contributed by atoms with E-state index in [4.69, 9.17) is 4.42 Å². The minimum atomic E-state index is -0.168. The van der Waals surface area contributed by atoms with Gasteiger partial charge in [-0.25, -0.2) is 4.98 Å². The summed E-state index contributed by atoms with van der Waals surface area (Å²) in [7, 11) is 0. The molecule has 0 spiro atoms. The number of nitrogens with zero attached hydrogens (tertiary/aromatic N) is 1.